The quantitative estimate of drug-likeness (QED) is 0.177. The fourth-order valence-electron chi connectivity index (χ4n) is 3.95. The van der Waals surface area contributed by atoms with Crippen LogP contribution in [0.15, 0.2) is 77.7 Å². The molecule has 3 rings (SSSR count). The predicted octanol–water partition coefficient (Wildman–Crippen LogP) is 7.34. The maximum atomic E-state index is 13.7. The first-order valence-electron chi connectivity index (χ1n) is 12.6. The molecule has 37 heavy (non-hydrogen) atoms. The van der Waals surface area contributed by atoms with Crippen molar-refractivity contribution in [3.05, 3.63) is 99.5 Å². The molecule has 0 aromatic heterocycles. The van der Waals surface area contributed by atoms with E-state index in [2.05, 4.69) is 36.5 Å². The minimum absolute atomic E-state index is 0.109. The van der Waals surface area contributed by atoms with Crippen molar-refractivity contribution in [2.24, 2.45) is 0 Å². The van der Waals surface area contributed by atoms with Crippen molar-refractivity contribution in [3.63, 3.8) is 0 Å². The third-order valence-electron chi connectivity index (χ3n) is 6.10. The van der Waals surface area contributed by atoms with Gasteiger partial charge in [0, 0.05) is 52.2 Å². The Balaban J connectivity index is 1.87. The Morgan fingerprint density at radius 3 is 2.27 bits per heavy atom. The summed E-state index contributed by atoms with van der Waals surface area (Å²) in [5.41, 5.74) is 2.82. The van der Waals surface area contributed by atoms with Gasteiger partial charge in [-0.2, -0.15) is 0 Å². The highest BCUT2D eigenvalue weighted by atomic mass is 35.5. The summed E-state index contributed by atoms with van der Waals surface area (Å²) in [4.78, 5) is 30.0. The lowest BCUT2D eigenvalue weighted by Crippen LogP contribution is -2.50. The second-order valence-electron chi connectivity index (χ2n) is 8.98. The van der Waals surface area contributed by atoms with Crippen molar-refractivity contribution in [1.29, 1.82) is 0 Å². The van der Waals surface area contributed by atoms with E-state index in [4.69, 9.17) is 23.2 Å². The molecule has 3 aromatic carbocycles. The normalized spacial score (nSPS) is 11.7. The van der Waals surface area contributed by atoms with Crippen LogP contribution in [0.2, 0.25) is 10.0 Å². The van der Waals surface area contributed by atoms with Gasteiger partial charge in [0.1, 0.15) is 6.04 Å². The molecule has 0 bridgehead atoms. The Hall–Kier alpha value is -2.47. The minimum Gasteiger partial charge on any atom is -0.354 e. The van der Waals surface area contributed by atoms with Gasteiger partial charge in [-0.1, -0.05) is 90.6 Å². The van der Waals surface area contributed by atoms with E-state index in [-0.39, 0.29) is 24.8 Å². The maximum absolute atomic E-state index is 13.7. The second-order valence-corrected chi connectivity index (χ2v) is 11.0. The Bertz CT molecular complexity index is 1140. The van der Waals surface area contributed by atoms with Gasteiger partial charge in [-0.05, 0) is 43.2 Å². The van der Waals surface area contributed by atoms with Gasteiger partial charge in [-0.3, -0.25) is 9.59 Å². The van der Waals surface area contributed by atoms with Crippen LogP contribution in [0.25, 0.3) is 0 Å². The van der Waals surface area contributed by atoms with Crippen LogP contribution in [-0.4, -0.2) is 35.1 Å². The number of nitrogens with zero attached hydrogens (tertiary/aromatic N) is 1. The van der Waals surface area contributed by atoms with Gasteiger partial charge in [0.2, 0.25) is 11.8 Å². The molecule has 1 atom stereocenters. The van der Waals surface area contributed by atoms with Crippen LogP contribution in [0.4, 0.5) is 0 Å². The molecule has 0 aliphatic rings. The molecule has 7 heteroatoms. The van der Waals surface area contributed by atoms with Crippen molar-refractivity contribution in [2.75, 3.05) is 12.3 Å². The smallest absolute Gasteiger partial charge is 0.243 e. The van der Waals surface area contributed by atoms with E-state index in [9.17, 15) is 9.59 Å². The Morgan fingerprint density at radius 1 is 0.946 bits per heavy atom. The molecule has 0 saturated carbocycles. The lowest BCUT2D eigenvalue weighted by atomic mass is 10.0. The molecular formula is C30H34Cl2N2O2S. The highest BCUT2D eigenvalue weighted by Gasteiger charge is 2.31. The number of hydrogen-bond donors (Lipinski definition) is 1. The van der Waals surface area contributed by atoms with E-state index in [0.717, 1.165) is 23.3 Å². The lowest BCUT2D eigenvalue weighted by Gasteiger charge is -2.32. The van der Waals surface area contributed by atoms with Gasteiger partial charge < -0.3 is 10.2 Å². The largest absolute Gasteiger partial charge is 0.354 e. The minimum atomic E-state index is -0.691. The third-order valence-corrected chi connectivity index (χ3v) is 7.82. The summed E-state index contributed by atoms with van der Waals surface area (Å²) in [5, 5.41) is 3.99. The molecule has 0 aliphatic carbocycles. The summed E-state index contributed by atoms with van der Waals surface area (Å²) >= 11 is 14.6. The maximum Gasteiger partial charge on any atom is 0.243 e. The molecule has 1 unspecified atom stereocenters. The first-order chi connectivity index (χ1) is 17.9. The van der Waals surface area contributed by atoms with E-state index in [0.29, 0.717) is 34.3 Å². The van der Waals surface area contributed by atoms with Crippen molar-refractivity contribution >= 4 is 46.8 Å². The average molecular weight is 558 g/mol. The fraction of sp³-hybridized carbons (Fsp3) is 0.333. The number of benzene rings is 3. The summed E-state index contributed by atoms with van der Waals surface area (Å²) in [5.74, 6) is 0.326. The summed E-state index contributed by atoms with van der Waals surface area (Å²) in [6.07, 6.45) is 2.53. The summed E-state index contributed by atoms with van der Waals surface area (Å²) < 4.78 is 0. The van der Waals surface area contributed by atoms with Crippen molar-refractivity contribution in [3.8, 4) is 0 Å². The van der Waals surface area contributed by atoms with Crippen LogP contribution in [0.3, 0.4) is 0 Å². The lowest BCUT2D eigenvalue weighted by molar-refractivity contribution is -0.141. The fourth-order valence-corrected chi connectivity index (χ4v) is 5.31. The standard InChI is InChI=1S/C30H34Cl2N2O2S/c1-3-4-18-33-30(36)28(20-23-9-6-5-7-10-23)34(21-25-26(31)11-8-12-27(25)32)29(35)17-19-37-24-15-13-22(2)14-16-24/h5-16,28H,3-4,17-21H2,1-2H3,(H,33,36). The molecule has 0 spiro atoms. The van der Waals surface area contributed by atoms with Gasteiger partial charge in [-0.25, -0.2) is 0 Å². The molecular weight excluding hydrogens is 523 g/mol. The molecule has 2 amide bonds. The topological polar surface area (TPSA) is 49.4 Å². The molecule has 196 valence electrons. The monoisotopic (exact) mass is 556 g/mol. The van der Waals surface area contributed by atoms with Crippen LogP contribution < -0.4 is 5.32 Å². The molecule has 3 aromatic rings. The Labute approximate surface area is 234 Å². The number of carbonyl (C=O) groups excluding carboxylic acids is 2. The van der Waals surface area contributed by atoms with E-state index >= 15 is 0 Å². The summed E-state index contributed by atoms with van der Waals surface area (Å²) in [7, 11) is 0. The number of carbonyl (C=O) groups is 2. The number of rotatable bonds is 13. The summed E-state index contributed by atoms with van der Waals surface area (Å²) in [6.45, 7) is 4.85. The molecule has 0 fully saturated rings. The molecule has 0 heterocycles. The summed E-state index contributed by atoms with van der Waals surface area (Å²) in [6, 6.07) is 22.6. The van der Waals surface area contributed by atoms with Gasteiger partial charge in [0.25, 0.3) is 0 Å². The van der Waals surface area contributed by atoms with Crippen LogP contribution in [0.5, 0.6) is 0 Å². The first kappa shape index (κ1) is 29.1. The van der Waals surface area contributed by atoms with Crippen LogP contribution in [-0.2, 0) is 22.6 Å². The number of aryl methyl sites for hydroxylation is 1. The molecule has 0 radical (unpaired) electrons. The van der Waals surface area contributed by atoms with Crippen molar-refractivity contribution in [1.82, 2.24) is 10.2 Å². The van der Waals surface area contributed by atoms with E-state index in [1.165, 1.54) is 5.56 Å². The Kier molecular flexibility index (Phi) is 11.8. The molecule has 0 saturated heterocycles. The number of unbranched alkanes of at least 4 members (excludes halogenated alkanes) is 1. The van der Waals surface area contributed by atoms with Crippen LogP contribution in [0, 0.1) is 6.92 Å². The predicted molar refractivity (Wildman–Crippen MR) is 155 cm³/mol. The third kappa shape index (κ3) is 9.10. The highest BCUT2D eigenvalue weighted by Crippen LogP contribution is 2.28. The van der Waals surface area contributed by atoms with Gasteiger partial charge in [0.15, 0.2) is 0 Å². The number of thioether (sulfide) groups is 1. The van der Waals surface area contributed by atoms with Crippen LogP contribution >= 0.6 is 35.0 Å². The SMILES string of the molecule is CCCCNC(=O)C(Cc1ccccc1)N(Cc1c(Cl)cccc1Cl)C(=O)CCSc1ccc(C)cc1. The van der Waals surface area contributed by atoms with Crippen molar-refractivity contribution < 1.29 is 9.59 Å². The zero-order chi connectivity index (χ0) is 26.6. The van der Waals surface area contributed by atoms with Gasteiger partial charge in [0.05, 0.1) is 0 Å². The van der Waals surface area contributed by atoms with E-state index < -0.39 is 6.04 Å². The number of nitrogens with one attached hydrogen (secondary N) is 1. The van der Waals surface area contributed by atoms with Gasteiger partial charge >= 0.3 is 0 Å². The average Bonchev–Trinajstić information content (AvgIpc) is 2.89. The van der Waals surface area contributed by atoms with E-state index in [1.807, 2.05) is 37.3 Å². The number of hydrogen-bond acceptors (Lipinski definition) is 3. The zero-order valence-corrected chi connectivity index (χ0v) is 23.7. The second kappa shape index (κ2) is 15.1. The van der Waals surface area contributed by atoms with Crippen LogP contribution in [0.1, 0.15) is 42.9 Å². The molecule has 1 N–H and O–H groups in total. The molecule has 4 nitrogen and oxygen atoms in total. The number of halogens is 2. The van der Waals surface area contributed by atoms with Crippen molar-refractivity contribution in [2.45, 2.75) is 57.0 Å². The molecule has 0 aliphatic heterocycles. The van der Waals surface area contributed by atoms with Gasteiger partial charge in [-0.15, -0.1) is 11.8 Å². The zero-order valence-electron chi connectivity index (χ0n) is 21.4. The number of amides is 2. The highest BCUT2D eigenvalue weighted by molar-refractivity contribution is 7.99. The van der Waals surface area contributed by atoms with E-state index in [1.54, 1.807) is 34.9 Å². The Morgan fingerprint density at radius 2 is 1.62 bits per heavy atom. The first-order valence-corrected chi connectivity index (χ1v) is 14.4.